The largest absolute Gasteiger partial charge is 0.405 e. The van der Waals surface area contributed by atoms with Crippen molar-refractivity contribution < 1.29 is 0 Å². The molecule has 0 aliphatic heterocycles. The first-order valence-electron chi connectivity index (χ1n) is 17.3. The van der Waals surface area contributed by atoms with Gasteiger partial charge in [0.1, 0.15) is 0 Å². The number of nitrogens with zero attached hydrogens (tertiary/aromatic N) is 3. The lowest BCUT2D eigenvalue weighted by Crippen LogP contribution is -2.13. The molecule has 0 spiro atoms. The average molecular weight is 663 g/mol. The van der Waals surface area contributed by atoms with Gasteiger partial charge in [-0.3, -0.25) is 0 Å². The highest BCUT2D eigenvalue weighted by Gasteiger charge is 2.24. The standard InChI is InChI=1S/C45H34N4S/c46-26-25-39(30-11-9-12-31(27-30)48-40-19-5-1-13-33(40)34-14-2-6-20-41(34)48)47-49-42-21-7-3-15-35(42)38-28-29(23-24-43(38)49)32-17-10-18-37-36-16-4-8-22-44(36)50-45(32)37/h1-11,13-22,25-28,31H,12,23-24,46H2. The molecule has 50 heavy (non-hydrogen) atoms. The van der Waals surface area contributed by atoms with E-state index in [1.807, 2.05) is 17.4 Å². The van der Waals surface area contributed by atoms with Crippen molar-refractivity contribution in [1.82, 2.24) is 9.24 Å². The first-order chi connectivity index (χ1) is 24.8. The van der Waals surface area contributed by atoms with E-state index in [2.05, 4.69) is 149 Å². The molecule has 2 N–H and O–H groups in total. The van der Waals surface area contributed by atoms with Crippen LogP contribution in [-0.4, -0.2) is 15.0 Å². The third-order valence-corrected chi connectivity index (χ3v) is 11.7. The van der Waals surface area contributed by atoms with Crippen LogP contribution in [-0.2, 0) is 6.42 Å². The number of hydrogen-bond acceptors (Lipinski definition) is 3. The van der Waals surface area contributed by atoms with Gasteiger partial charge in [-0.1, -0.05) is 109 Å². The minimum absolute atomic E-state index is 0.147. The van der Waals surface area contributed by atoms with Crippen molar-refractivity contribution in [3.05, 3.63) is 168 Å². The summed E-state index contributed by atoms with van der Waals surface area (Å²) in [4.78, 5) is 0. The van der Waals surface area contributed by atoms with Gasteiger partial charge in [0, 0.05) is 52.9 Å². The molecule has 3 heterocycles. The highest BCUT2D eigenvalue weighted by Crippen LogP contribution is 2.43. The number of fused-ring (bicyclic) bond motifs is 9. The van der Waals surface area contributed by atoms with E-state index in [0.29, 0.717) is 0 Å². The number of allylic oxidation sites excluding steroid dienone is 6. The molecule has 1 atom stereocenters. The van der Waals surface area contributed by atoms with E-state index in [4.69, 9.17) is 10.8 Å². The fourth-order valence-corrected chi connectivity index (χ4v) is 9.49. The molecule has 0 bridgehead atoms. The van der Waals surface area contributed by atoms with Gasteiger partial charge in [0.15, 0.2) is 0 Å². The Labute approximate surface area is 294 Å². The summed E-state index contributed by atoms with van der Waals surface area (Å²) in [6.07, 6.45) is 15.6. The Morgan fingerprint density at radius 3 is 2.18 bits per heavy atom. The summed E-state index contributed by atoms with van der Waals surface area (Å²) in [6, 6.07) is 41.8. The molecule has 1 unspecified atom stereocenters. The van der Waals surface area contributed by atoms with Crippen molar-refractivity contribution in [3.63, 3.8) is 0 Å². The van der Waals surface area contributed by atoms with Crippen molar-refractivity contribution >= 4 is 81.6 Å². The quantitative estimate of drug-likeness (QED) is 0.183. The number of para-hydroxylation sites is 3. The molecule has 10 rings (SSSR count). The van der Waals surface area contributed by atoms with E-state index < -0.39 is 0 Å². The zero-order valence-corrected chi connectivity index (χ0v) is 28.3. The first-order valence-corrected chi connectivity index (χ1v) is 18.2. The topological polar surface area (TPSA) is 48.2 Å². The molecule has 2 aliphatic rings. The highest BCUT2D eigenvalue weighted by molar-refractivity contribution is 7.26. The monoisotopic (exact) mass is 662 g/mol. The fourth-order valence-electron chi connectivity index (χ4n) is 8.24. The third-order valence-electron chi connectivity index (χ3n) is 10.4. The molecule has 8 aromatic rings. The van der Waals surface area contributed by atoms with Gasteiger partial charge >= 0.3 is 0 Å². The van der Waals surface area contributed by atoms with Crippen LogP contribution >= 0.6 is 11.3 Å². The Bertz CT molecular complexity index is 2760. The number of benzene rings is 5. The second-order valence-electron chi connectivity index (χ2n) is 13.2. The summed E-state index contributed by atoms with van der Waals surface area (Å²) in [5.41, 5.74) is 16.9. The zero-order chi connectivity index (χ0) is 33.2. The lowest BCUT2D eigenvalue weighted by atomic mass is 9.90. The van der Waals surface area contributed by atoms with Crippen LogP contribution in [0.5, 0.6) is 0 Å². The minimum Gasteiger partial charge on any atom is -0.405 e. The summed E-state index contributed by atoms with van der Waals surface area (Å²) in [7, 11) is 0. The van der Waals surface area contributed by atoms with Crippen molar-refractivity contribution in [2.45, 2.75) is 25.3 Å². The summed E-state index contributed by atoms with van der Waals surface area (Å²) in [6.45, 7) is 0. The van der Waals surface area contributed by atoms with E-state index in [-0.39, 0.29) is 6.04 Å². The van der Waals surface area contributed by atoms with Gasteiger partial charge in [0.25, 0.3) is 0 Å². The van der Waals surface area contributed by atoms with Crippen molar-refractivity contribution in [3.8, 4) is 0 Å². The van der Waals surface area contributed by atoms with Crippen molar-refractivity contribution in [2.24, 2.45) is 10.8 Å². The molecule has 5 heteroatoms. The predicted molar refractivity (Wildman–Crippen MR) is 214 cm³/mol. The van der Waals surface area contributed by atoms with Crippen LogP contribution in [0.2, 0.25) is 0 Å². The molecule has 0 saturated carbocycles. The average Bonchev–Trinajstić information content (AvgIpc) is 3.82. The summed E-state index contributed by atoms with van der Waals surface area (Å²) < 4.78 is 7.36. The number of rotatable bonds is 5. The second kappa shape index (κ2) is 11.6. The van der Waals surface area contributed by atoms with E-state index in [9.17, 15) is 0 Å². The van der Waals surface area contributed by atoms with Crippen molar-refractivity contribution in [2.75, 3.05) is 0 Å². The number of thiophene rings is 1. The van der Waals surface area contributed by atoms with Crippen LogP contribution in [0.1, 0.15) is 35.7 Å². The molecule has 4 nitrogen and oxygen atoms in total. The molecular weight excluding hydrogens is 629 g/mol. The molecule has 240 valence electrons. The van der Waals surface area contributed by atoms with Gasteiger partial charge in [-0.2, -0.15) is 5.10 Å². The van der Waals surface area contributed by atoms with Crippen LogP contribution < -0.4 is 5.73 Å². The maximum Gasteiger partial charge on any atom is 0.0924 e. The fraction of sp³-hybridized carbons (Fsp3) is 0.0889. The maximum atomic E-state index is 6.11. The Hall–Kier alpha value is -5.91. The molecular formula is C45H34N4S. The number of nitrogens with two attached hydrogens (primary N) is 1. The van der Waals surface area contributed by atoms with E-state index in [1.165, 1.54) is 69.8 Å². The maximum absolute atomic E-state index is 6.11. The van der Waals surface area contributed by atoms with Crippen LogP contribution in [0.15, 0.2) is 156 Å². The summed E-state index contributed by atoms with van der Waals surface area (Å²) in [5, 5.41) is 11.9. The van der Waals surface area contributed by atoms with Crippen LogP contribution in [0.4, 0.5) is 0 Å². The highest BCUT2D eigenvalue weighted by atomic mass is 32.1. The van der Waals surface area contributed by atoms with Gasteiger partial charge in [-0.15, -0.1) is 11.3 Å². The predicted octanol–water partition coefficient (Wildman–Crippen LogP) is 11.4. The van der Waals surface area contributed by atoms with Gasteiger partial charge in [-0.05, 0) is 78.6 Å². The molecule has 0 radical (unpaired) electrons. The first kappa shape index (κ1) is 29.0. The van der Waals surface area contributed by atoms with Gasteiger partial charge in [0.05, 0.1) is 23.0 Å². The summed E-state index contributed by atoms with van der Waals surface area (Å²) in [5.74, 6) is 0. The lowest BCUT2D eigenvalue weighted by Gasteiger charge is -2.21. The lowest BCUT2D eigenvalue weighted by molar-refractivity contribution is 0.645. The Morgan fingerprint density at radius 2 is 1.40 bits per heavy atom. The van der Waals surface area contributed by atoms with Crippen LogP contribution in [0.25, 0.3) is 64.5 Å². The van der Waals surface area contributed by atoms with Gasteiger partial charge < -0.3 is 10.3 Å². The second-order valence-corrected chi connectivity index (χ2v) is 14.3. The van der Waals surface area contributed by atoms with Crippen LogP contribution in [0, 0.1) is 0 Å². The third kappa shape index (κ3) is 4.47. The number of aromatic nitrogens is 2. The van der Waals surface area contributed by atoms with E-state index in [1.54, 1.807) is 6.20 Å². The minimum atomic E-state index is 0.147. The van der Waals surface area contributed by atoms with Crippen molar-refractivity contribution in [1.29, 1.82) is 0 Å². The Kier molecular flexibility index (Phi) is 6.74. The zero-order valence-electron chi connectivity index (χ0n) is 27.5. The normalized spacial score (nSPS) is 16.6. The molecule has 0 saturated heterocycles. The number of hydrogen-bond donors (Lipinski definition) is 1. The van der Waals surface area contributed by atoms with E-state index >= 15 is 0 Å². The molecule has 0 amide bonds. The Morgan fingerprint density at radius 1 is 0.720 bits per heavy atom. The summed E-state index contributed by atoms with van der Waals surface area (Å²) >= 11 is 1.90. The molecule has 0 fully saturated rings. The Balaban J connectivity index is 1.11. The van der Waals surface area contributed by atoms with Gasteiger partial charge in [0.2, 0.25) is 0 Å². The molecule has 5 aromatic carbocycles. The van der Waals surface area contributed by atoms with E-state index in [0.717, 1.165) is 36.1 Å². The SMILES string of the molecule is NC=CC(=Nn1c2c(c3ccccc31)C=C(c1cccc3c1sc1ccccc13)CC2)C1=CC(n2c3ccccc3c3ccccc32)CC=C1. The molecule has 2 aliphatic carbocycles. The molecule has 3 aromatic heterocycles. The van der Waals surface area contributed by atoms with Crippen LogP contribution in [0.3, 0.4) is 0 Å². The van der Waals surface area contributed by atoms with Gasteiger partial charge in [-0.25, -0.2) is 4.68 Å². The smallest absolute Gasteiger partial charge is 0.0924 e.